The SMILES string of the molecule is NCCCCC(NC(=O)C(CCCN=C(N)N)NC(=O)C(Cc1cnc[nH]1)NC(=O)C(N)CCCN=C(N)N)C(=O)O. The van der Waals surface area contributed by atoms with Crippen molar-refractivity contribution in [3.05, 3.63) is 18.2 Å². The summed E-state index contributed by atoms with van der Waals surface area (Å²) in [7, 11) is 0. The van der Waals surface area contributed by atoms with Gasteiger partial charge in [0, 0.05) is 31.4 Å². The van der Waals surface area contributed by atoms with Crippen molar-refractivity contribution in [3.8, 4) is 0 Å². The monoisotopic (exact) mass is 595 g/mol. The molecule has 0 aromatic carbocycles. The van der Waals surface area contributed by atoms with Gasteiger partial charge in [-0.1, -0.05) is 0 Å². The Hall–Kier alpha value is -4.45. The molecule has 1 aromatic heterocycles. The fourth-order valence-corrected chi connectivity index (χ4v) is 3.82. The molecule has 4 unspecified atom stereocenters. The van der Waals surface area contributed by atoms with Crippen LogP contribution in [0.5, 0.6) is 0 Å². The first kappa shape index (κ1) is 35.6. The molecule has 0 aliphatic carbocycles. The number of H-pyrrole nitrogens is 1. The van der Waals surface area contributed by atoms with Crippen LogP contribution in [0.25, 0.3) is 0 Å². The topological polar surface area (TPSA) is 334 Å². The van der Waals surface area contributed by atoms with Gasteiger partial charge in [0.05, 0.1) is 12.4 Å². The van der Waals surface area contributed by atoms with Crippen molar-refractivity contribution < 1.29 is 24.3 Å². The maximum Gasteiger partial charge on any atom is 0.326 e. The fourth-order valence-electron chi connectivity index (χ4n) is 3.82. The molecule has 4 atom stereocenters. The minimum absolute atomic E-state index is 0.0114. The first-order valence-corrected chi connectivity index (χ1v) is 13.6. The van der Waals surface area contributed by atoms with Crippen molar-refractivity contribution in [1.29, 1.82) is 0 Å². The highest BCUT2D eigenvalue weighted by Gasteiger charge is 2.30. The number of hydrogen-bond donors (Lipinski definition) is 11. The van der Waals surface area contributed by atoms with Crippen LogP contribution in [0, 0.1) is 0 Å². The van der Waals surface area contributed by atoms with Crippen LogP contribution >= 0.6 is 0 Å². The molecular formula is C24H45N13O5. The van der Waals surface area contributed by atoms with Crippen LogP contribution < -0.4 is 50.4 Å². The summed E-state index contributed by atoms with van der Waals surface area (Å²) in [5.74, 6) is -3.43. The van der Waals surface area contributed by atoms with Gasteiger partial charge in [-0.05, 0) is 51.5 Å². The van der Waals surface area contributed by atoms with E-state index in [2.05, 4.69) is 35.9 Å². The Morgan fingerprint density at radius 3 is 1.90 bits per heavy atom. The van der Waals surface area contributed by atoms with E-state index in [0.717, 1.165) is 0 Å². The molecule has 0 saturated heterocycles. The van der Waals surface area contributed by atoms with Gasteiger partial charge in [0.1, 0.15) is 18.1 Å². The van der Waals surface area contributed by atoms with Crippen molar-refractivity contribution in [2.24, 2.45) is 44.4 Å². The van der Waals surface area contributed by atoms with Crippen LogP contribution in [0.1, 0.15) is 50.6 Å². The van der Waals surface area contributed by atoms with E-state index in [1.54, 1.807) is 0 Å². The van der Waals surface area contributed by atoms with Gasteiger partial charge in [-0.15, -0.1) is 0 Å². The number of nitrogens with zero attached hydrogens (tertiary/aromatic N) is 3. The first-order chi connectivity index (χ1) is 19.9. The standard InChI is InChI=1S/C24H45N13O5/c25-8-2-1-6-17(22(41)42)36-20(39)16(7-4-10-33-24(29)30)35-21(40)18(11-14-12-31-13-34-14)37-19(38)15(26)5-3-9-32-23(27)28/h12-13,15-18H,1-11,25-26H2,(H,31,34)(H,35,40)(H,36,39)(H,37,38)(H,41,42)(H4,27,28,32)(H4,29,30,33). The summed E-state index contributed by atoms with van der Waals surface area (Å²) < 4.78 is 0. The molecule has 18 nitrogen and oxygen atoms in total. The number of amides is 3. The van der Waals surface area contributed by atoms with E-state index in [9.17, 15) is 24.3 Å². The second-order valence-electron chi connectivity index (χ2n) is 9.59. The van der Waals surface area contributed by atoms with Gasteiger partial charge in [-0.25, -0.2) is 9.78 Å². The molecule has 0 fully saturated rings. The third kappa shape index (κ3) is 14.8. The van der Waals surface area contributed by atoms with Gasteiger partial charge in [0.15, 0.2) is 11.9 Å². The summed E-state index contributed by atoms with van der Waals surface area (Å²) >= 11 is 0. The number of aromatic amines is 1. The van der Waals surface area contributed by atoms with E-state index in [1.165, 1.54) is 12.5 Å². The first-order valence-electron chi connectivity index (χ1n) is 13.6. The largest absolute Gasteiger partial charge is 0.480 e. The van der Waals surface area contributed by atoms with E-state index in [0.29, 0.717) is 37.9 Å². The molecule has 18 heteroatoms. The second kappa shape index (κ2) is 19.6. The minimum atomic E-state index is -1.22. The zero-order valence-electron chi connectivity index (χ0n) is 23.6. The molecule has 0 radical (unpaired) electrons. The number of unbranched alkanes of at least 4 members (excludes halogenated alkanes) is 1. The number of aliphatic carboxylic acids is 1. The molecule has 0 aliphatic heterocycles. The molecule has 0 bridgehead atoms. The molecule has 1 aromatic rings. The van der Waals surface area contributed by atoms with Gasteiger partial charge in [-0.2, -0.15) is 0 Å². The molecule has 0 aliphatic rings. The van der Waals surface area contributed by atoms with E-state index in [4.69, 9.17) is 34.4 Å². The highest BCUT2D eigenvalue weighted by atomic mass is 16.4. The summed E-state index contributed by atoms with van der Waals surface area (Å²) in [5.41, 5.74) is 33.4. The number of aromatic nitrogens is 2. The van der Waals surface area contributed by atoms with E-state index in [-0.39, 0.29) is 50.7 Å². The molecule has 1 rings (SSSR count). The molecule has 236 valence electrons. The summed E-state index contributed by atoms with van der Waals surface area (Å²) in [6.45, 7) is 0.832. The lowest BCUT2D eigenvalue weighted by molar-refractivity contribution is -0.142. The second-order valence-corrected chi connectivity index (χ2v) is 9.59. The van der Waals surface area contributed by atoms with Gasteiger partial charge in [-0.3, -0.25) is 24.4 Å². The smallest absolute Gasteiger partial charge is 0.326 e. The Labute approximate surface area is 243 Å². The van der Waals surface area contributed by atoms with Crippen LogP contribution in [0.4, 0.5) is 0 Å². The quantitative estimate of drug-likeness (QED) is 0.0368. The average Bonchev–Trinajstić information content (AvgIpc) is 3.44. The molecule has 3 amide bonds. The number of carbonyl (C=O) groups is 4. The molecular weight excluding hydrogens is 550 g/mol. The van der Waals surface area contributed by atoms with Crippen LogP contribution in [0.15, 0.2) is 22.5 Å². The lowest BCUT2D eigenvalue weighted by atomic mass is 10.0. The zero-order valence-corrected chi connectivity index (χ0v) is 23.6. The number of nitrogens with two attached hydrogens (primary N) is 6. The van der Waals surface area contributed by atoms with E-state index < -0.39 is 47.9 Å². The summed E-state index contributed by atoms with van der Waals surface area (Å²) in [6, 6.07) is -4.44. The Morgan fingerprint density at radius 1 is 0.810 bits per heavy atom. The highest BCUT2D eigenvalue weighted by molar-refractivity contribution is 5.94. The number of rotatable bonds is 21. The molecule has 17 N–H and O–H groups in total. The predicted octanol–water partition coefficient (Wildman–Crippen LogP) is -3.95. The molecule has 0 saturated carbocycles. The van der Waals surface area contributed by atoms with E-state index >= 15 is 0 Å². The lowest BCUT2D eigenvalue weighted by Gasteiger charge is -2.25. The summed E-state index contributed by atoms with van der Waals surface area (Å²) in [6.07, 6.45) is 5.19. The predicted molar refractivity (Wildman–Crippen MR) is 156 cm³/mol. The van der Waals surface area contributed by atoms with Gasteiger partial charge in [0.2, 0.25) is 17.7 Å². The van der Waals surface area contributed by atoms with Crippen LogP contribution in [0.3, 0.4) is 0 Å². The van der Waals surface area contributed by atoms with Gasteiger partial charge >= 0.3 is 5.97 Å². The van der Waals surface area contributed by atoms with Crippen LogP contribution in [-0.2, 0) is 25.6 Å². The number of carbonyl (C=O) groups excluding carboxylic acids is 3. The number of aliphatic imine (C=N–C) groups is 2. The summed E-state index contributed by atoms with van der Waals surface area (Å²) in [5, 5.41) is 17.3. The highest BCUT2D eigenvalue weighted by Crippen LogP contribution is 2.07. The zero-order chi connectivity index (χ0) is 31.5. The van der Waals surface area contributed by atoms with E-state index in [1.807, 2.05) is 0 Å². The normalized spacial score (nSPS) is 13.6. The number of carboxylic acid groups (broad SMARTS) is 1. The fraction of sp³-hybridized carbons (Fsp3) is 0.625. The maximum atomic E-state index is 13.4. The van der Waals surface area contributed by atoms with Crippen molar-refractivity contribution in [2.45, 2.75) is 75.5 Å². The van der Waals surface area contributed by atoms with Crippen LogP contribution in [0.2, 0.25) is 0 Å². The van der Waals surface area contributed by atoms with Crippen molar-refractivity contribution in [1.82, 2.24) is 25.9 Å². The molecule has 42 heavy (non-hydrogen) atoms. The van der Waals surface area contributed by atoms with Gasteiger partial charge in [0.25, 0.3) is 0 Å². The van der Waals surface area contributed by atoms with Crippen molar-refractivity contribution in [2.75, 3.05) is 19.6 Å². The minimum Gasteiger partial charge on any atom is -0.480 e. The van der Waals surface area contributed by atoms with Crippen molar-refractivity contribution >= 4 is 35.6 Å². The summed E-state index contributed by atoms with van der Waals surface area (Å²) in [4.78, 5) is 65.7. The molecule has 0 spiro atoms. The lowest BCUT2D eigenvalue weighted by Crippen LogP contribution is -2.57. The number of nitrogens with one attached hydrogen (secondary N) is 4. The molecule has 1 heterocycles. The Kier molecular flexibility index (Phi) is 16.6. The van der Waals surface area contributed by atoms with Crippen molar-refractivity contribution in [3.63, 3.8) is 0 Å². The Morgan fingerprint density at radius 2 is 1.36 bits per heavy atom. The van der Waals surface area contributed by atoms with Crippen LogP contribution in [-0.4, -0.2) is 94.5 Å². The van der Waals surface area contributed by atoms with Gasteiger partial charge < -0.3 is 60.4 Å². The third-order valence-corrected chi connectivity index (χ3v) is 6.06. The number of hydrogen-bond acceptors (Lipinski definition) is 9. The number of imidazole rings is 1. The Bertz CT molecular complexity index is 1040. The third-order valence-electron chi connectivity index (χ3n) is 6.06. The maximum absolute atomic E-state index is 13.4. The Balaban J connectivity index is 3.05. The average molecular weight is 596 g/mol. The number of guanidine groups is 2. The number of carboxylic acids is 1.